The lowest BCUT2D eigenvalue weighted by Gasteiger charge is -2.16. The lowest BCUT2D eigenvalue weighted by Crippen LogP contribution is -2.08. The first-order valence-corrected chi connectivity index (χ1v) is 9.30. The van der Waals surface area contributed by atoms with Gasteiger partial charge in [-0.1, -0.05) is 23.7 Å². The minimum absolute atomic E-state index is 0.0438. The van der Waals surface area contributed by atoms with Crippen molar-refractivity contribution in [3.8, 4) is 0 Å². The van der Waals surface area contributed by atoms with Gasteiger partial charge in [0.25, 0.3) is 0 Å². The fourth-order valence-electron chi connectivity index (χ4n) is 3.22. The molecule has 6 heteroatoms. The number of hydrogen-bond acceptors (Lipinski definition) is 3. The first kappa shape index (κ1) is 16.8. The van der Waals surface area contributed by atoms with Crippen LogP contribution >= 0.6 is 22.9 Å². The fraction of sp³-hybridized carbons (Fsp3) is 0.100. The first-order valence-electron chi connectivity index (χ1n) is 8.05. The van der Waals surface area contributed by atoms with Crippen LogP contribution in [-0.2, 0) is 0 Å². The molecule has 4 rings (SSSR count). The van der Waals surface area contributed by atoms with Gasteiger partial charge in [0.05, 0.1) is 11.6 Å². The molecule has 130 valence electrons. The molecule has 4 nitrogen and oxygen atoms in total. The van der Waals surface area contributed by atoms with Gasteiger partial charge in [0, 0.05) is 27.0 Å². The lowest BCUT2D eigenvalue weighted by atomic mass is 9.89. The van der Waals surface area contributed by atoms with Crippen LogP contribution in [0, 0.1) is 6.92 Å². The van der Waals surface area contributed by atoms with E-state index in [0.29, 0.717) is 10.7 Å². The zero-order chi connectivity index (χ0) is 18.3. The number of aryl methyl sites for hydroxylation is 1. The number of thiophene rings is 1. The molecule has 0 saturated heterocycles. The molecule has 0 spiro atoms. The zero-order valence-corrected chi connectivity index (χ0v) is 15.4. The van der Waals surface area contributed by atoms with E-state index in [1.807, 2.05) is 30.5 Å². The van der Waals surface area contributed by atoms with E-state index >= 15 is 0 Å². The van der Waals surface area contributed by atoms with E-state index in [-0.39, 0.29) is 11.6 Å². The quantitative estimate of drug-likeness (QED) is 0.492. The molecule has 0 radical (unpaired) electrons. The number of fused-ring (bicyclic) bond motifs is 1. The van der Waals surface area contributed by atoms with Crippen LogP contribution in [0.25, 0.3) is 10.9 Å². The summed E-state index contributed by atoms with van der Waals surface area (Å²) in [6.45, 7) is 2.06. The molecule has 3 heterocycles. The summed E-state index contributed by atoms with van der Waals surface area (Å²) in [5.74, 6) is -1.19. The number of aromatic amines is 1. The SMILES string of the molecule is Cc1cc(C(c2cccc(C(=O)O)n2)c2c[nH]c3cc(Cl)ccc23)cs1. The number of hydrogen-bond donors (Lipinski definition) is 2. The number of pyridine rings is 1. The highest BCUT2D eigenvalue weighted by Gasteiger charge is 2.23. The van der Waals surface area contributed by atoms with Crippen molar-refractivity contribution in [1.29, 1.82) is 0 Å². The van der Waals surface area contributed by atoms with E-state index < -0.39 is 5.97 Å². The third kappa shape index (κ3) is 3.00. The normalized spacial score (nSPS) is 12.4. The first-order chi connectivity index (χ1) is 12.5. The number of benzene rings is 1. The lowest BCUT2D eigenvalue weighted by molar-refractivity contribution is 0.0690. The summed E-state index contributed by atoms with van der Waals surface area (Å²) < 4.78 is 0. The van der Waals surface area contributed by atoms with Crippen LogP contribution in [0.4, 0.5) is 0 Å². The molecule has 0 aliphatic rings. The second-order valence-electron chi connectivity index (χ2n) is 6.11. The van der Waals surface area contributed by atoms with Crippen LogP contribution in [0.3, 0.4) is 0 Å². The van der Waals surface area contributed by atoms with Gasteiger partial charge >= 0.3 is 5.97 Å². The van der Waals surface area contributed by atoms with Crippen LogP contribution in [0.2, 0.25) is 5.02 Å². The van der Waals surface area contributed by atoms with E-state index in [9.17, 15) is 9.90 Å². The van der Waals surface area contributed by atoms with Crippen LogP contribution in [-0.4, -0.2) is 21.0 Å². The van der Waals surface area contributed by atoms with Gasteiger partial charge in [-0.15, -0.1) is 11.3 Å². The highest BCUT2D eigenvalue weighted by molar-refractivity contribution is 7.10. The molecule has 0 amide bonds. The van der Waals surface area contributed by atoms with Crippen LogP contribution < -0.4 is 0 Å². The van der Waals surface area contributed by atoms with Gasteiger partial charge in [0.15, 0.2) is 0 Å². The second kappa shape index (κ2) is 6.59. The Balaban J connectivity index is 1.94. The summed E-state index contributed by atoms with van der Waals surface area (Å²) in [5.41, 5.74) is 3.84. The monoisotopic (exact) mass is 382 g/mol. The Morgan fingerprint density at radius 1 is 1.27 bits per heavy atom. The third-order valence-electron chi connectivity index (χ3n) is 4.36. The van der Waals surface area contributed by atoms with Gasteiger partial charge in [-0.3, -0.25) is 0 Å². The van der Waals surface area contributed by atoms with Crippen molar-refractivity contribution in [3.05, 3.63) is 86.5 Å². The van der Waals surface area contributed by atoms with E-state index in [1.165, 1.54) is 10.9 Å². The molecule has 1 aromatic carbocycles. The number of carbonyl (C=O) groups is 1. The number of aromatic nitrogens is 2. The fourth-order valence-corrected chi connectivity index (χ4v) is 4.12. The second-order valence-corrected chi connectivity index (χ2v) is 7.66. The van der Waals surface area contributed by atoms with Crippen LogP contribution in [0.15, 0.2) is 54.0 Å². The maximum Gasteiger partial charge on any atom is 0.354 e. The number of rotatable bonds is 4. The van der Waals surface area contributed by atoms with Crippen molar-refractivity contribution in [2.75, 3.05) is 0 Å². The minimum atomic E-state index is -1.03. The molecular formula is C20H15ClN2O2S. The van der Waals surface area contributed by atoms with E-state index in [2.05, 4.69) is 28.3 Å². The third-order valence-corrected chi connectivity index (χ3v) is 5.47. The van der Waals surface area contributed by atoms with Crippen molar-refractivity contribution in [1.82, 2.24) is 9.97 Å². The Morgan fingerprint density at radius 2 is 2.12 bits per heavy atom. The van der Waals surface area contributed by atoms with E-state index in [0.717, 1.165) is 22.0 Å². The maximum absolute atomic E-state index is 11.4. The van der Waals surface area contributed by atoms with Crippen LogP contribution in [0.5, 0.6) is 0 Å². The predicted molar refractivity (Wildman–Crippen MR) is 105 cm³/mol. The molecule has 0 saturated carbocycles. The van der Waals surface area contributed by atoms with Crippen molar-refractivity contribution in [2.45, 2.75) is 12.8 Å². The highest BCUT2D eigenvalue weighted by atomic mass is 35.5. The Labute approximate surface area is 159 Å². The van der Waals surface area contributed by atoms with Crippen molar-refractivity contribution in [2.24, 2.45) is 0 Å². The largest absolute Gasteiger partial charge is 0.477 e. The minimum Gasteiger partial charge on any atom is -0.477 e. The molecule has 0 aliphatic carbocycles. The summed E-state index contributed by atoms with van der Waals surface area (Å²) in [7, 11) is 0. The molecule has 4 aromatic rings. The van der Waals surface area contributed by atoms with Gasteiger partial charge < -0.3 is 10.1 Å². The molecule has 0 bridgehead atoms. The molecule has 0 aliphatic heterocycles. The number of nitrogens with zero attached hydrogens (tertiary/aromatic N) is 1. The number of halogens is 1. The highest BCUT2D eigenvalue weighted by Crippen LogP contribution is 2.37. The number of carboxylic acids is 1. The Morgan fingerprint density at radius 3 is 2.85 bits per heavy atom. The van der Waals surface area contributed by atoms with Gasteiger partial charge in [0.2, 0.25) is 0 Å². The zero-order valence-electron chi connectivity index (χ0n) is 13.9. The van der Waals surface area contributed by atoms with Gasteiger partial charge in [-0.05, 0) is 53.8 Å². The van der Waals surface area contributed by atoms with E-state index in [1.54, 1.807) is 17.4 Å². The molecule has 2 N–H and O–H groups in total. The summed E-state index contributed by atoms with van der Waals surface area (Å²) >= 11 is 7.77. The van der Waals surface area contributed by atoms with Crippen molar-refractivity contribution in [3.63, 3.8) is 0 Å². The maximum atomic E-state index is 11.4. The summed E-state index contributed by atoms with van der Waals surface area (Å²) in [5, 5.41) is 13.1. The van der Waals surface area contributed by atoms with Crippen molar-refractivity contribution < 1.29 is 9.90 Å². The summed E-state index contributed by atoms with van der Waals surface area (Å²) in [4.78, 5) is 20.2. The standard InChI is InChI=1S/C20H15ClN2O2S/c1-11-7-12(10-26-11)19(16-3-2-4-17(23-16)20(24)25)15-9-22-18-8-13(21)5-6-14(15)18/h2-10,19,22H,1H3,(H,24,25). The van der Waals surface area contributed by atoms with Crippen LogP contribution in [0.1, 0.15) is 38.1 Å². The number of H-pyrrole nitrogens is 1. The molecule has 26 heavy (non-hydrogen) atoms. The van der Waals surface area contributed by atoms with Gasteiger partial charge in [-0.2, -0.15) is 0 Å². The molecule has 1 atom stereocenters. The van der Waals surface area contributed by atoms with E-state index in [4.69, 9.17) is 11.6 Å². The predicted octanol–water partition coefficient (Wildman–Crippen LogP) is 5.46. The van der Waals surface area contributed by atoms with Crippen molar-refractivity contribution >= 4 is 39.8 Å². The Hall–Kier alpha value is -2.63. The summed E-state index contributed by atoms with van der Waals surface area (Å²) in [6, 6.07) is 13.0. The molecule has 3 aromatic heterocycles. The van der Waals surface area contributed by atoms with Gasteiger partial charge in [0.1, 0.15) is 5.69 Å². The molecule has 1 unspecified atom stereocenters. The number of aromatic carboxylic acids is 1. The van der Waals surface area contributed by atoms with Gasteiger partial charge in [-0.25, -0.2) is 9.78 Å². The average molecular weight is 383 g/mol. The Kier molecular flexibility index (Phi) is 4.26. The number of carboxylic acid groups (broad SMARTS) is 1. The molecule has 0 fully saturated rings. The molecular weight excluding hydrogens is 368 g/mol. The average Bonchev–Trinajstić information content (AvgIpc) is 3.22. The number of nitrogens with one attached hydrogen (secondary N) is 1. The summed E-state index contributed by atoms with van der Waals surface area (Å²) in [6.07, 6.45) is 1.95. The smallest absolute Gasteiger partial charge is 0.354 e. The Bertz CT molecular complexity index is 1120. The topological polar surface area (TPSA) is 66.0 Å².